The average Bonchev–Trinajstić information content (AvgIpc) is 2.82. The van der Waals surface area contributed by atoms with Crippen LogP contribution in [0, 0.1) is 5.92 Å². The molecule has 1 nitrogen and oxygen atoms in total. The van der Waals surface area contributed by atoms with Gasteiger partial charge in [-0.05, 0) is 36.8 Å². The molecule has 1 aromatic rings. The SMILES string of the molecule is c1ccc2c(c1)CCC(CC1CCCC1)N2. The molecule has 1 unspecified atom stereocenters. The molecule has 1 aromatic carbocycles. The van der Waals surface area contributed by atoms with Gasteiger partial charge in [-0.15, -0.1) is 0 Å². The molecule has 1 aliphatic carbocycles. The van der Waals surface area contributed by atoms with Gasteiger partial charge in [0.15, 0.2) is 0 Å². The van der Waals surface area contributed by atoms with Crippen LogP contribution in [-0.2, 0) is 6.42 Å². The molecule has 0 aromatic heterocycles. The van der Waals surface area contributed by atoms with Crippen molar-refractivity contribution in [3.8, 4) is 0 Å². The van der Waals surface area contributed by atoms with Gasteiger partial charge >= 0.3 is 0 Å². The Balaban J connectivity index is 1.63. The minimum absolute atomic E-state index is 0.734. The zero-order chi connectivity index (χ0) is 10.8. The lowest BCUT2D eigenvalue weighted by Gasteiger charge is -2.28. The van der Waals surface area contributed by atoms with Crippen molar-refractivity contribution in [2.75, 3.05) is 5.32 Å². The zero-order valence-electron chi connectivity index (χ0n) is 9.91. The minimum Gasteiger partial charge on any atom is -0.382 e. The standard InChI is InChI=1S/C15H21N/c1-2-6-12(5-1)11-14-10-9-13-7-3-4-8-15(13)16-14/h3-4,7-8,12,14,16H,1-2,5-6,9-11H2. The van der Waals surface area contributed by atoms with E-state index in [1.807, 2.05) is 0 Å². The Hall–Kier alpha value is -0.980. The summed E-state index contributed by atoms with van der Waals surface area (Å²) >= 11 is 0. The Kier molecular flexibility index (Phi) is 2.86. The zero-order valence-corrected chi connectivity index (χ0v) is 9.91. The van der Waals surface area contributed by atoms with E-state index >= 15 is 0 Å². The van der Waals surface area contributed by atoms with E-state index in [1.54, 1.807) is 0 Å². The maximum absolute atomic E-state index is 3.72. The average molecular weight is 215 g/mol. The number of hydrogen-bond acceptors (Lipinski definition) is 1. The maximum atomic E-state index is 3.72. The molecule has 0 spiro atoms. The van der Waals surface area contributed by atoms with Crippen molar-refractivity contribution in [2.45, 2.75) is 51.0 Å². The Morgan fingerprint density at radius 1 is 1.06 bits per heavy atom. The largest absolute Gasteiger partial charge is 0.382 e. The molecule has 0 radical (unpaired) electrons. The Labute approximate surface area is 98.3 Å². The molecule has 0 bridgehead atoms. The number of benzene rings is 1. The molecule has 1 heterocycles. The minimum atomic E-state index is 0.734. The Morgan fingerprint density at radius 2 is 1.88 bits per heavy atom. The van der Waals surface area contributed by atoms with Crippen LogP contribution in [0.3, 0.4) is 0 Å². The molecule has 16 heavy (non-hydrogen) atoms. The Bertz CT molecular complexity index is 352. The van der Waals surface area contributed by atoms with Crippen LogP contribution in [0.5, 0.6) is 0 Å². The fourth-order valence-electron chi connectivity index (χ4n) is 3.33. The van der Waals surface area contributed by atoms with E-state index in [0.717, 1.165) is 12.0 Å². The van der Waals surface area contributed by atoms with E-state index in [1.165, 1.54) is 56.2 Å². The van der Waals surface area contributed by atoms with Gasteiger partial charge in [0.2, 0.25) is 0 Å². The summed E-state index contributed by atoms with van der Waals surface area (Å²) in [5, 5.41) is 3.72. The second-order valence-corrected chi connectivity index (χ2v) is 5.42. The molecule has 2 aliphatic rings. The van der Waals surface area contributed by atoms with Crippen LogP contribution in [0.15, 0.2) is 24.3 Å². The summed E-state index contributed by atoms with van der Waals surface area (Å²) < 4.78 is 0. The highest BCUT2D eigenvalue weighted by Crippen LogP contribution is 2.33. The molecule has 1 heteroatoms. The molecular weight excluding hydrogens is 194 g/mol. The van der Waals surface area contributed by atoms with Gasteiger partial charge in [0.05, 0.1) is 0 Å². The molecule has 0 amide bonds. The highest BCUT2D eigenvalue weighted by molar-refractivity contribution is 5.53. The van der Waals surface area contributed by atoms with Gasteiger partial charge in [-0.2, -0.15) is 0 Å². The summed E-state index contributed by atoms with van der Waals surface area (Å²) in [5.74, 6) is 1.00. The van der Waals surface area contributed by atoms with Crippen molar-refractivity contribution in [1.82, 2.24) is 0 Å². The molecule has 1 N–H and O–H groups in total. The summed E-state index contributed by atoms with van der Waals surface area (Å²) in [7, 11) is 0. The van der Waals surface area contributed by atoms with Crippen molar-refractivity contribution < 1.29 is 0 Å². The fraction of sp³-hybridized carbons (Fsp3) is 0.600. The van der Waals surface area contributed by atoms with E-state index in [0.29, 0.717) is 0 Å². The van der Waals surface area contributed by atoms with E-state index in [-0.39, 0.29) is 0 Å². The van der Waals surface area contributed by atoms with Gasteiger partial charge in [-0.1, -0.05) is 43.9 Å². The van der Waals surface area contributed by atoms with E-state index < -0.39 is 0 Å². The molecule has 1 fully saturated rings. The molecule has 1 aliphatic heterocycles. The Morgan fingerprint density at radius 3 is 2.75 bits per heavy atom. The van der Waals surface area contributed by atoms with Gasteiger partial charge in [0, 0.05) is 11.7 Å². The number of rotatable bonds is 2. The van der Waals surface area contributed by atoms with Crippen LogP contribution < -0.4 is 5.32 Å². The molecular formula is C15H21N. The maximum Gasteiger partial charge on any atom is 0.0374 e. The third-order valence-corrected chi connectivity index (χ3v) is 4.23. The van der Waals surface area contributed by atoms with Crippen molar-refractivity contribution in [3.63, 3.8) is 0 Å². The predicted molar refractivity (Wildman–Crippen MR) is 68.7 cm³/mol. The van der Waals surface area contributed by atoms with E-state index in [4.69, 9.17) is 0 Å². The highest BCUT2D eigenvalue weighted by atomic mass is 14.9. The first kappa shape index (κ1) is 10.2. The quantitative estimate of drug-likeness (QED) is 0.786. The molecule has 1 atom stereocenters. The van der Waals surface area contributed by atoms with Crippen molar-refractivity contribution in [2.24, 2.45) is 5.92 Å². The van der Waals surface area contributed by atoms with Crippen molar-refractivity contribution in [1.29, 1.82) is 0 Å². The van der Waals surface area contributed by atoms with E-state index in [2.05, 4.69) is 29.6 Å². The lowest BCUT2D eigenvalue weighted by molar-refractivity contribution is 0.438. The lowest BCUT2D eigenvalue weighted by Crippen LogP contribution is -2.27. The van der Waals surface area contributed by atoms with Gasteiger partial charge in [0.25, 0.3) is 0 Å². The lowest BCUT2D eigenvalue weighted by atomic mass is 9.90. The van der Waals surface area contributed by atoms with Crippen LogP contribution in [0.1, 0.15) is 44.1 Å². The number of anilines is 1. The van der Waals surface area contributed by atoms with Gasteiger partial charge in [-0.25, -0.2) is 0 Å². The first-order valence-corrected chi connectivity index (χ1v) is 6.76. The first-order valence-electron chi connectivity index (χ1n) is 6.76. The number of fused-ring (bicyclic) bond motifs is 1. The number of para-hydroxylation sites is 1. The molecule has 86 valence electrons. The smallest absolute Gasteiger partial charge is 0.0374 e. The van der Waals surface area contributed by atoms with Crippen LogP contribution >= 0.6 is 0 Å². The van der Waals surface area contributed by atoms with Crippen LogP contribution in [0.25, 0.3) is 0 Å². The fourth-order valence-corrected chi connectivity index (χ4v) is 3.33. The third-order valence-electron chi connectivity index (χ3n) is 4.23. The molecule has 1 saturated carbocycles. The summed E-state index contributed by atoms with van der Waals surface area (Å²) in [6, 6.07) is 9.52. The van der Waals surface area contributed by atoms with Crippen LogP contribution in [-0.4, -0.2) is 6.04 Å². The molecule has 0 saturated heterocycles. The van der Waals surface area contributed by atoms with Crippen LogP contribution in [0.4, 0.5) is 5.69 Å². The van der Waals surface area contributed by atoms with Crippen molar-refractivity contribution >= 4 is 5.69 Å². The predicted octanol–water partition coefficient (Wildman–Crippen LogP) is 3.99. The summed E-state index contributed by atoms with van der Waals surface area (Å²) in [6.07, 6.45) is 9.87. The summed E-state index contributed by atoms with van der Waals surface area (Å²) in [6.45, 7) is 0. The third kappa shape index (κ3) is 2.09. The summed E-state index contributed by atoms with van der Waals surface area (Å²) in [5.41, 5.74) is 2.89. The highest BCUT2D eigenvalue weighted by Gasteiger charge is 2.23. The normalized spacial score (nSPS) is 25.1. The second-order valence-electron chi connectivity index (χ2n) is 5.42. The van der Waals surface area contributed by atoms with Crippen molar-refractivity contribution in [3.05, 3.63) is 29.8 Å². The number of aryl methyl sites for hydroxylation is 1. The first-order chi connectivity index (χ1) is 7.92. The summed E-state index contributed by atoms with van der Waals surface area (Å²) in [4.78, 5) is 0. The van der Waals surface area contributed by atoms with Gasteiger partial charge in [0.1, 0.15) is 0 Å². The van der Waals surface area contributed by atoms with Gasteiger partial charge in [-0.3, -0.25) is 0 Å². The van der Waals surface area contributed by atoms with Crippen LogP contribution in [0.2, 0.25) is 0 Å². The number of nitrogens with one attached hydrogen (secondary N) is 1. The monoisotopic (exact) mass is 215 g/mol. The van der Waals surface area contributed by atoms with E-state index in [9.17, 15) is 0 Å². The molecule has 3 rings (SSSR count). The second kappa shape index (κ2) is 4.48. The number of hydrogen-bond donors (Lipinski definition) is 1. The van der Waals surface area contributed by atoms with Gasteiger partial charge < -0.3 is 5.32 Å². The topological polar surface area (TPSA) is 12.0 Å².